The summed E-state index contributed by atoms with van der Waals surface area (Å²) in [7, 11) is 0. The predicted octanol–water partition coefficient (Wildman–Crippen LogP) is 1.69. The van der Waals surface area contributed by atoms with E-state index < -0.39 is 12.1 Å². The molecule has 138 valence electrons. The van der Waals surface area contributed by atoms with Gasteiger partial charge in [0.05, 0.1) is 6.04 Å². The summed E-state index contributed by atoms with van der Waals surface area (Å²) in [5.74, 6) is -0.459. The Morgan fingerprint density at radius 1 is 1.12 bits per heavy atom. The van der Waals surface area contributed by atoms with Gasteiger partial charge < -0.3 is 21.1 Å². The molecule has 0 aromatic heterocycles. The van der Waals surface area contributed by atoms with Crippen LogP contribution < -0.4 is 19.9 Å². The lowest BCUT2D eigenvalue weighted by atomic mass is 10.0. The van der Waals surface area contributed by atoms with Gasteiger partial charge >= 0.3 is 6.09 Å². The summed E-state index contributed by atoms with van der Waals surface area (Å²) in [6, 6.07) is 5.70. The Kier molecular flexibility index (Phi) is 8.62. The highest BCUT2D eigenvalue weighted by Gasteiger charge is 2.24. The van der Waals surface area contributed by atoms with E-state index in [1.165, 1.54) is 0 Å². The second-order valence-electron chi connectivity index (χ2n) is 5.85. The zero-order chi connectivity index (χ0) is 19.0. The second kappa shape index (κ2) is 10.2. The second-order valence-corrected chi connectivity index (χ2v) is 6.48. The highest BCUT2D eigenvalue weighted by atomic mass is 127. The summed E-state index contributed by atoms with van der Waals surface area (Å²) in [5, 5.41) is 5.40. The number of carbonyl (C=O) groups is 3. The van der Waals surface area contributed by atoms with Crippen LogP contribution in [-0.2, 0) is 20.9 Å². The molecule has 0 fully saturated rings. The molecule has 8 nitrogen and oxygen atoms in total. The fraction of sp³-hybridized carbons (Fsp3) is 0.438. The summed E-state index contributed by atoms with van der Waals surface area (Å²) in [4.78, 5) is 34.9. The van der Waals surface area contributed by atoms with Gasteiger partial charge in [0.25, 0.3) is 0 Å². The lowest BCUT2D eigenvalue weighted by molar-refractivity contribution is -0.127. The third-order valence-corrected chi connectivity index (χ3v) is 4.09. The van der Waals surface area contributed by atoms with Gasteiger partial charge in [-0.1, -0.05) is 26.0 Å². The third kappa shape index (κ3) is 7.26. The Hall–Kier alpha value is -1.88. The third-order valence-electron chi connectivity index (χ3n) is 3.42. The number of ether oxygens (including phenoxy) is 1. The van der Waals surface area contributed by atoms with Crippen molar-refractivity contribution >= 4 is 46.5 Å². The first-order valence-electron chi connectivity index (χ1n) is 7.73. The van der Waals surface area contributed by atoms with Gasteiger partial charge in [0.1, 0.15) is 12.6 Å². The largest absolute Gasteiger partial charge is 0.445 e. The maximum atomic E-state index is 12.2. The van der Waals surface area contributed by atoms with Gasteiger partial charge in [0.2, 0.25) is 11.8 Å². The van der Waals surface area contributed by atoms with Crippen molar-refractivity contribution < 1.29 is 19.1 Å². The molecule has 0 radical (unpaired) electrons. The van der Waals surface area contributed by atoms with Crippen molar-refractivity contribution in [3.05, 3.63) is 29.8 Å². The van der Waals surface area contributed by atoms with Gasteiger partial charge in [-0.15, -0.1) is 0 Å². The van der Waals surface area contributed by atoms with Gasteiger partial charge in [-0.05, 0) is 30.5 Å². The molecular weight excluding hydrogens is 439 g/mol. The average molecular weight is 462 g/mol. The number of rotatable bonds is 8. The zero-order valence-electron chi connectivity index (χ0n) is 14.3. The van der Waals surface area contributed by atoms with E-state index in [2.05, 4.69) is 18.9 Å². The first kappa shape index (κ1) is 21.2. The quantitative estimate of drug-likeness (QED) is 0.346. The molecule has 2 atom stereocenters. The van der Waals surface area contributed by atoms with Crippen LogP contribution in [0.3, 0.4) is 0 Å². The van der Waals surface area contributed by atoms with Crippen LogP contribution in [0.2, 0.25) is 0 Å². The molecule has 1 aromatic carbocycles. The summed E-state index contributed by atoms with van der Waals surface area (Å²) >= 11 is 1.93. The van der Waals surface area contributed by atoms with E-state index in [0.717, 1.165) is 5.56 Å². The lowest BCUT2D eigenvalue weighted by Gasteiger charge is -2.21. The summed E-state index contributed by atoms with van der Waals surface area (Å²) in [6.45, 7) is 5.52. The molecule has 0 unspecified atom stereocenters. The number of primary amides is 1. The molecule has 5 N–H and O–H groups in total. The fourth-order valence-electron chi connectivity index (χ4n) is 1.94. The zero-order valence-corrected chi connectivity index (χ0v) is 16.5. The van der Waals surface area contributed by atoms with Crippen molar-refractivity contribution in [2.24, 2.45) is 11.7 Å². The SMILES string of the molecule is CC(C)[C@H](NI)C(=O)N[C@@H](C)C(=O)Nc1ccc(COC(N)=O)cc1. The maximum Gasteiger partial charge on any atom is 0.404 e. The molecule has 3 amide bonds. The molecule has 25 heavy (non-hydrogen) atoms. The monoisotopic (exact) mass is 462 g/mol. The smallest absolute Gasteiger partial charge is 0.404 e. The number of carbonyl (C=O) groups excluding carboxylic acids is 3. The number of hydrogen-bond donors (Lipinski definition) is 4. The molecule has 0 heterocycles. The first-order chi connectivity index (χ1) is 11.7. The topological polar surface area (TPSA) is 123 Å². The molecule has 0 bridgehead atoms. The van der Waals surface area contributed by atoms with Gasteiger partial charge in [-0.25, -0.2) is 8.32 Å². The number of benzene rings is 1. The Balaban J connectivity index is 2.57. The number of anilines is 1. The highest BCUT2D eigenvalue weighted by molar-refractivity contribution is 14.1. The standard InChI is InChI=1S/C16H23IN4O4/c1-9(2)13(21-17)15(23)19-10(3)14(22)20-12-6-4-11(5-7-12)8-25-16(18)24/h4-7,9-10,13,21H,8H2,1-3H3,(H2,18,24)(H,19,23)(H,20,22)/t10-,13-/m0/s1. The Labute approximate surface area is 160 Å². The van der Waals surface area contributed by atoms with Crippen LogP contribution in [0.5, 0.6) is 0 Å². The van der Waals surface area contributed by atoms with Crippen molar-refractivity contribution in [2.75, 3.05) is 5.32 Å². The van der Waals surface area contributed by atoms with E-state index in [1.54, 1.807) is 31.2 Å². The van der Waals surface area contributed by atoms with Crippen LogP contribution in [0.4, 0.5) is 10.5 Å². The van der Waals surface area contributed by atoms with Crippen LogP contribution >= 0.6 is 22.9 Å². The Bertz CT molecular complexity index is 607. The molecule has 1 rings (SSSR count). The number of amides is 3. The molecular formula is C16H23IN4O4. The van der Waals surface area contributed by atoms with Crippen molar-refractivity contribution in [3.63, 3.8) is 0 Å². The number of halogens is 1. The molecule has 1 aromatic rings. The Morgan fingerprint density at radius 2 is 1.72 bits per heavy atom. The van der Waals surface area contributed by atoms with Gasteiger partial charge in [0.15, 0.2) is 0 Å². The van der Waals surface area contributed by atoms with E-state index >= 15 is 0 Å². The van der Waals surface area contributed by atoms with Crippen LogP contribution in [0, 0.1) is 5.92 Å². The minimum absolute atomic E-state index is 0.0654. The molecule has 0 spiro atoms. The van der Waals surface area contributed by atoms with Crippen molar-refractivity contribution in [1.82, 2.24) is 8.85 Å². The minimum atomic E-state index is -0.845. The van der Waals surface area contributed by atoms with Crippen LogP contribution in [0.1, 0.15) is 26.3 Å². The van der Waals surface area contributed by atoms with Crippen LogP contribution in [-0.4, -0.2) is 30.0 Å². The van der Waals surface area contributed by atoms with E-state index in [1.807, 2.05) is 36.7 Å². The van der Waals surface area contributed by atoms with Crippen LogP contribution in [0.25, 0.3) is 0 Å². The van der Waals surface area contributed by atoms with Crippen molar-refractivity contribution in [1.29, 1.82) is 0 Å². The Morgan fingerprint density at radius 3 is 2.20 bits per heavy atom. The van der Waals surface area contributed by atoms with Crippen molar-refractivity contribution in [2.45, 2.75) is 39.5 Å². The van der Waals surface area contributed by atoms with E-state index in [9.17, 15) is 14.4 Å². The molecule has 9 heteroatoms. The first-order valence-corrected chi connectivity index (χ1v) is 8.81. The fourth-order valence-corrected chi connectivity index (χ4v) is 2.94. The summed E-state index contributed by atoms with van der Waals surface area (Å²) in [5.41, 5.74) is 6.21. The maximum absolute atomic E-state index is 12.2. The summed E-state index contributed by atoms with van der Waals surface area (Å²) < 4.78 is 7.58. The van der Waals surface area contributed by atoms with E-state index in [0.29, 0.717) is 5.69 Å². The molecule has 0 aliphatic carbocycles. The normalized spacial score (nSPS) is 13.0. The number of nitrogens with one attached hydrogen (secondary N) is 3. The molecule has 0 aliphatic heterocycles. The van der Waals surface area contributed by atoms with Crippen LogP contribution in [0.15, 0.2) is 24.3 Å². The van der Waals surface area contributed by atoms with Gasteiger partial charge in [0, 0.05) is 28.6 Å². The van der Waals surface area contributed by atoms with Crippen molar-refractivity contribution in [3.8, 4) is 0 Å². The van der Waals surface area contributed by atoms with E-state index in [-0.39, 0.29) is 30.4 Å². The van der Waals surface area contributed by atoms with E-state index in [4.69, 9.17) is 5.73 Å². The molecule has 0 aliphatic rings. The summed E-state index contributed by atoms with van der Waals surface area (Å²) in [6.07, 6.45) is -0.845. The predicted molar refractivity (Wildman–Crippen MR) is 103 cm³/mol. The number of hydrogen-bond acceptors (Lipinski definition) is 5. The van der Waals surface area contributed by atoms with Gasteiger partial charge in [-0.3, -0.25) is 9.59 Å². The number of nitrogens with two attached hydrogens (primary N) is 1. The minimum Gasteiger partial charge on any atom is -0.445 e. The lowest BCUT2D eigenvalue weighted by Crippen LogP contribution is -2.50. The van der Waals surface area contributed by atoms with Gasteiger partial charge in [-0.2, -0.15) is 0 Å². The molecule has 0 saturated heterocycles. The highest BCUT2D eigenvalue weighted by Crippen LogP contribution is 2.11. The molecule has 0 saturated carbocycles. The average Bonchev–Trinajstić information content (AvgIpc) is 2.54.